The number of anilines is 2. The molecule has 0 atom stereocenters. The molecule has 5 nitrogen and oxygen atoms in total. The summed E-state index contributed by atoms with van der Waals surface area (Å²) in [6, 6.07) is 7.92. The molecular formula is C17H15N3O2S. The molecule has 0 radical (unpaired) electrons. The van der Waals surface area contributed by atoms with E-state index < -0.39 is 0 Å². The molecule has 4 rings (SSSR count). The first kappa shape index (κ1) is 14.0. The van der Waals surface area contributed by atoms with E-state index >= 15 is 0 Å². The number of hydrogen-bond acceptors (Lipinski definition) is 5. The third-order valence-electron chi connectivity index (χ3n) is 4.10. The van der Waals surface area contributed by atoms with Gasteiger partial charge in [-0.25, -0.2) is 0 Å². The molecule has 1 aliphatic rings. The Morgan fingerprint density at radius 2 is 2.13 bits per heavy atom. The number of nitrogens with one attached hydrogen (secondary N) is 1. The molecule has 0 aliphatic heterocycles. The quantitative estimate of drug-likeness (QED) is 0.769. The second-order valence-electron chi connectivity index (χ2n) is 5.57. The van der Waals surface area contributed by atoms with Gasteiger partial charge in [0.2, 0.25) is 5.88 Å². The van der Waals surface area contributed by atoms with E-state index in [9.17, 15) is 4.79 Å². The third-order valence-corrected chi connectivity index (χ3v) is 4.78. The largest absolute Gasteiger partial charge is 0.367 e. The second-order valence-corrected chi connectivity index (χ2v) is 6.35. The fraction of sp³-hybridized carbons (Fsp3) is 0.176. The number of aromatic nitrogens is 1. The third kappa shape index (κ3) is 2.51. The number of rotatable bonds is 3. The first-order valence-electron chi connectivity index (χ1n) is 7.43. The van der Waals surface area contributed by atoms with Crippen LogP contribution in [0.4, 0.5) is 11.6 Å². The molecule has 2 aromatic heterocycles. The van der Waals surface area contributed by atoms with Crippen LogP contribution in [0.5, 0.6) is 0 Å². The Labute approximate surface area is 137 Å². The smallest absolute Gasteiger partial charge is 0.263 e. The summed E-state index contributed by atoms with van der Waals surface area (Å²) in [6.07, 6.45) is 3.35. The lowest BCUT2D eigenvalue weighted by molar-refractivity contribution is 0.102. The normalized spacial score (nSPS) is 13.0. The van der Waals surface area contributed by atoms with E-state index in [1.807, 2.05) is 29.0 Å². The number of carbonyl (C=O) groups is 1. The number of nitrogens with two attached hydrogens (primary N) is 1. The summed E-state index contributed by atoms with van der Waals surface area (Å²) in [5.74, 6) is -0.271. The topological polar surface area (TPSA) is 81.2 Å². The summed E-state index contributed by atoms with van der Waals surface area (Å²) in [5, 5.41) is 10.7. The number of thiophene rings is 1. The van der Waals surface area contributed by atoms with Crippen molar-refractivity contribution in [1.82, 2.24) is 5.16 Å². The van der Waals surface area contributed by atoms with E-state index in [0.29, 0.717) is 5.69 Å². The Hall–Kier alpha value is -2.60. The highest BCUT2D eigenvalue weighted by molar-refractivity contribution is 7.08. The maximum atomic E-state index is 12.6. The lowest BCUT2D eigenvalue weighted by atomic mass is 10.1. The van der Waals surface area contributed by atoms with Gasteiger partial charge < -0.3 is 15.6 Å². The highest BCUT2D eigenvalue weighted by Gasteiger charge is 2.23. The summed E-state index contributed by atoms with van der Waals surface area (Å²) in [7, 11) is 0. The first-order chi connectivity index (χ1) is 11.2. The Morgan fingerprint density at radius 3 is 2.96 bits per heavy atom. The number of nitrogens with zero attached hydrogens (tertiary/aromatic N) is 1. The zero-order valence-corrected chi connectivity index (χ0v) is 13.2. The summed E-state index contributed by atoms with van der Waals surface area (Å²) in [4.78, 5) is 12.6. The minimum Gasteiger partial charge on any atom is -0.367 e. The van der Waals surface area contributed by atoms with Gasteiger partial charge in [-0.05, 0) is 54.0 Å². The molecular weight excluding hydrogens is 310 g/mol. The number of carbonyl (C=O) groups excluding carboxylic acids is 1. The van der Waals surface area contributed by atoms with Crippen molar-refractivity contribution in [3.8, 4) is 11.3 Å². The number of benzene rings is 1. The van der Waals surface area contributed by atoms with Crippen LogP contribution in [0, 0.1) is 0 Å². The Bertz CT molecular complexity index is 868. The molecule has 0 unspecified atom stereocenters. The lowest BCUT2D eigenvalue weighted by Gasteiger charge is -2.07. The predicted molar refractivity (Wildman–Crippen MR) is 90.6 cm³/mol. The summed E-state index contributed by atoms with van der Waals surface area (Å²) in [6.45, 7) is 0. The highest BCUT2D eigenvalue weighted by atomic mass is 32.1. The maximum Gasteiger partial charge on any atom is 0.263 e. The molecule has 6 heteroatoms. The van der Waals surface area contributed by atoms with Crippen LogP contribution in [0.2, 0.25) is 0 Å². The number of fused-ring (bicyclic) bond motifs is 1. The van der Waals surface area contributed by atoms with Gasteiger partial charge in [0.15, 0.2) is 0 Å². The average Bonchev–Trinajstić information content (AvgIpc) is 3.26. The van der Waals surface area contributed by atoms with E-state index in [1.165, 1.54) is 28.9 Å². The number of aryl methyl sites for hydroxylation is 2. The zero-order valence-electron chi connectivity index (χ0n) is 12.3. The van der Waals surface area contributed by atoms with Crippen molar-refractivity contribution in [2.45, 2.75) is 19.3 Å². The zero-order chi connectivity index (χ0) is 15.8. The minimum absolute atomic E-state index is 0.0323. The highest BCUT2D eigenvalue weighted by Crippen LogP contribution is 2.30. The molecule has 0 bridgehead atoms. The molecule has 1 amide bonds. The molecule has 23 heavy (non-hydrogen) atoms. The SMILES string of the molecule is Nc1onc(-c2ccsc2)c1C(=O)Nc1ccc2c(c1)CCC2. The van der Waals surface area contributed by atoms with Crippen molar-refractivity contribution in [1.29, 1.82) is 0 Å². The van der Waals surface area contributed by atoms with Crippen LogP contribution in [0.1, 0.15) is 27.9 Å². The molecule has 2 heterocycles. The van der Waals surface area contributed by atoms with Gasteiger partial charge in [0.25, 0.3) is 5.91 Å². The molecule has 1 aliphatic carbocycles. The molecule has 3 aromatic rings. The summed E-state index contributed by atoms with van der Waals surface area (Å²) >= 11 is 1.53. The fourth-order valence-electron chi connectivity index (χ4n) is 2.96. The van der Waals surface area contributed by atoms with Crippen LogP contribution in [0.3, 0.4) is 0 Å². The van der Waals surface area contributed by atoms with Crippen molar-refractivity contribution in [2.75, 3.05) is 11.1 Å². The summed E-state index contributed by atoms with van der Waals surface area (Å²) < 4.78 is 5.02. The molecule has 1 aromatic carbocycles. The number of nitrogen functional groups attached to an aromatic ring is 1. The van der Waals surface area contributed by atoms with Gasteiger partial charge in [0, 0.05) is 16.6 Å². The number of amides is 1. The van der Waals surface area contributed by atoms with Crippen LogP contribution in [-0.4, -0.2) is 11.1 Å². The van der Waals surface area contributed by atoms with Gasteiger partial charge in [-0.15, -0.1) is 0 Å². The van der Waals surface area contributed by atoms with Crippen LogP contribution in [0.25, 0.3) is 11.3 Å². The van der Waals surface area contributed by atoms with Crippen LogP contribution < -0.4 is 11.1 Å². The molecule has 0 saturated heterocycles. The molecule has 116 valence electrons. The minimum atomic E-state index is -0.303. The molecule has 3 N–H and O–H groups in total. The first-order valence-corrected chi connectivity index (χ1v) is 8.37. The number of hydrogen-bond donors (Lipinski definition) is 2. The molecule has 0 fully saturated rings. The van der Waals surface area contributed by atoms with Crippen LogP contribution in [-0.2, 0) is 12.8 Å². The molecule has 0 spiro atoms. The van der Waals surface area contributed by atoms with E-state index in [2.05, 4.69) is 16.5 Å². The van der Waals surface area contributed by atoms with Gasteiger partial charge in [-0.1, -0.05) is 11.2 Å². The predicted octanol–water partition coefficient (Wildman–Crippen LogP) is 3.73. The van der Waals surface area contributed by atoms with Crippen molar-refractivity contribution in [3.63, 3.8) is 0 Å². The summed E-state index contributed by atoms with van der Waals surface area (Å²) in [5.41, 5.74) is 10.8. The Kier molecular flexibility index (Phi) is 3.38. The Balaban J connectivity index is 1.64. The fourth-order valence-corrected chi connectivity index (χ4v) is 3.60. The second kappa shape index (κ2) is 5.55. The van der Waals surface area contributed by atoms with E-state index in [1.54, 1.807) is 0 Å². The monoisotopic (exact) mass is 325 g/mol. The maximum absolute atomic E-state index is 12.6. The van der Waals surface area contributed by atoms with Crippen LogP contribution in [0.15, 0.2) is 39.5 Å². The van der Waals surface area contributed by atoms with Gasteiger partial charge in [0.05, 0.1) is 0 Å². The van der Waals surface area contributed by atoms with Gasteiger partial charge in [-0.2, -0.15) is 11.3 Å². The average molecular weight is 325 g/mol. The lowest BCUT2D eigenvalue weighted by Crippen LogP contribution is -2.14. The van der Waals surface area contributed by atoms with Crippen molar-refractivity contribution in [3.05, 3.63) is 51.7 Å². The van der Waals surface area contributed by atoms with Crippen LogP contribution >= 0.6 is 11.3 Å². The standard InChI is InChI=1S/C17H15N3O2S/c18-16-14(15(20-22-16)12-6-7-23-9-12)17(21)19-13-5-4-10-2-1-3-11(10)8-13/h4-9H,1-3,18H2,(H,19,21). The van der Waals surface area contributed by atoms with E-state index in [4.69, 9.17) is 10.3 Å². The van der Waals surface area contributed by atoms with Crippen molar-refractivity contribution >= 4 is 28.8 Å². The van der Waals surface area contributed by atoms with Crippen molar-refractivity contribution in [2.24, 2.45) is 0 Å². The van der Waals surface area contributed by atoms with E-state index in [-0.39, 0.29) is 17.4 Å². The van der Waals surface area contributed by atoms with Gasteiger partial charge in [0.1, 0.15) is 11.3 Å². The Morgan fingerprint density at radius 1 is 1.26 bits per heavy atom. The van der Waals surface area contributed by atoms with Crippen molar-refractivity contribution < 1.29 is 9.32 Å². The van der Waals surface area contributed by atoms with E-state index in [0.717, 1.165) is 24.1 Å². The molecule has 0 saturated carbocycles. The van der Waals surface area contributed by atoms with Gasteiger partial charge >= 0.3 is 0 Å². The van der Waals surface area contributed by atoms with Gasteiger partial charge in [-0.3, -0.25) is 4.79 Å².